The van der Waals surface area contributed by atoms with E-state index in [1.165, 1.54) is 49.3 Å². The fourth-order valence-electron chi connectivity index (χ4n) is 8.33. The Labute approximate surface area is 338 Å². The second-order valence-electron chi connectivity index (χ2n) is 14.6. The molecule has 4 nitrogen and oxygen atoms in total. The van der Waals surface area contributed by atoms with Crippen LogP contribution in [-0.2, 0) is 0 Å². The lowest BCUT2D eigenvalue weighted by molar-refractivity contribution is 1.18. The molecule has 0 bridgehead atoms. The lowest BCUT2D eigenvalue weighted by Crippen LogP contribution is -2.11. The van der Waals surface area contributed by atoms with Crippen LogP contribution in [0.4, 0.5) is 0 Å². The molecule has 8 aromatic carbocycles. The Morgan fingerprint density at radius 3 is 1.48 bits per heavy atom. The molecule has 0 aliphatic carbocycles. The van der Waals surface area contributed by atoms with Crippen molar-refractivity contribution in [2.75, 3.05) is 0 Å². The first-order chi connectivity index (χ1) is 28.6. The van der Waals surface area contributed by atoms with Crippen LogP contribution in [0.5, 0.6) is 0 Å². The van der Waals surface area contributed by atoms with Crippen LogP contribution in [0.2, 0.25) is 0 Å². The van der Waals surface area contributed by atoms with E-state index in [1.54, 1.807) is 0 Å². The lowest BCUT2D eigenvalue weighted by Gasteiger charge is -2.11. The molecule has 2 aromatic heterocycles. The van der Waals surface area contributed by atoms with Gasteiger partial charge in [0.2, 0.25) is 0 Å². The monoisotopic (exact) mass is 744 g/mol. The number of fused-ring (bicyclic) bond motifs is 6. The zero-order valence-electron chi connectivity index (χ0n) is 32.4. The molecule has 10 rings (SSSR count). The average Bonchev–Trinajstić information content (AvgIpc) is 3.80. The summed E-state index contributed by atoms with van der Waals surface area (Å²) in [5, 5.41) is 4.82. The summed E-state index contributed by atoms with van der Waals surface area (Å²) in [4.78, 5) is 10.5. The van der Waals surface area contributed by atoms with Gasteiger partial charge in [0.25, 0.3) is 0 Å². The molecule has 0 unspecified atom stereocenters. The van der Waals surface area contributed by atoms with E-state index in [4.69, 9.17) is 9.98 Å². The third kappa shape index (κ3) is 6.22. The van der Waals surface area contributed by atoms with E-state index in [0.29, 0.717) is 5.84 Å². The maximum absolute atomic E-state index is 5.34. The van der Waals surface area contributed by atoms with Crippen LogP contribution in [0.1, 0.15) is 25.0 Å². The maximum Gasteiger partial charge on any atom is 0.161 e. The van der Waals surface area contributed by atoms with Gasteiger partial charge >= 0.3 is 0 Å². The molecule has 0 amide bonds. The summed E-state index contributed by atoms with van der Waals surface area (Å²) in [6.45, 7) is 4.11. The summed E-state index contributed by atoms with van der Waals surface area (Å²) in [7, 11) is 0. The Morgan fingerprint density at radius 2 is 0.879 bits per heavy atom. The third-order valence-corrected chi connectivity index (χ3v) is 11.1. The van der Waals surface area contributed by atoms with Crippen molar-refractivity contribution in [1.29, 1.82) is 0 Å². The molecule has 0 fully saturated rings. The van der Waals surface area contributed by atoms with Crippen molar-refractivity contribution in [3.8, 4) is 27.9 Å². The summed E-state index contributed by atoms with van der Waals surface area (Å²) in [6, 6.07) is 71.0. The first-order valence-electron chi connectivity index (χ1n) is 19.8. The number of rotatable bonds is 6. The highest BCUT2D eigenvalue weighted by molar-refractivity contribution is 6.18. The van der Waals surface area contributed by atoms with Gasteiger partial charge in [-0.1, -0.05) is 152 Å². The number of aromatic nitrogens is 2. The maximum atomic E-state index is 5.34. The summed E-state index contributed by atoms with van der Waals surface area (Å²) < 4.78 is 4.65. The topological polar surface area (TPSA) is 34.6 Å². The van der Waals surface area contributed by atoms with Crippen molar-refractivity contribution in [1.82, 2.24) is 9.13 Å². The fourth-order valence-corrected chi connectivity index (χ4v) is 8.33. The normalized spacial score (nSPS) is 12.6. The lowest BCUT2D eigenvalue weighted by atomic mass is 9.99. The van der Waals surface area contributed by atoms with Crippen molar-refractivity contribution < 1.29 is 0 Å². The second-order valence-corrected chi connectivity index (χ2v) is 14.6. The predicted molar refractivity (Wildman–Crippen MR) is 246 cm³/mol. The predicted octanol–water partition coefficient (Wildman–Crippen LogP) is 14.0. The van der Waals surface area contributed by atoms with E-state index in [2.05, 4.69) is 180 Å². The van der Waals surface area contributed by atoms with Gasteiger partial charge in [-0.2, -0.15) is 0 Å². The van der Waals surface area contributed by atoms with Crippen molar-refractivity contribution in [3.63, 3.8) is 0 Å². The van der Waals surface area contributed by atoms with Gasteiger partial charge in [0, 0.05) is 32.8 Å². The van der Waals surface area contributed by atoms with E-state index >= 15 is 0 Å². The zero-order valence-corrected chi connectivity index (χ0v) is 32.4. The van der Waals surface area contributed by atoms with E-state index in [9.17, 15) is 0 Å². The molecule has 10 aromatic rings. The van der Waals surface area contributed by atoms with E-state index in [1.807, 2.05) is 49.4 Å². The molecule has 0 saturated heterocycles. The van der Waals surface area contributed by atoms with Crippen molar-refractivity contribution in [2.45, 2.75) is 13.8 Å². The molecule has 276 valence electrons. The van der Waals surface area contributed by atoms with Gasteiger partial charge in [-0.25, -0.2) is 9.98 Å². The molecule has 0 N–H and O–H groups in total. The number of aliphatic imine (C=N–C) groups is 2. The molecule has 4 heteroatoms. The highest BCUT2D eigenvalue weighted by Gasteiger charge is 2.18. The van der Waals surface area contributed by atoms with Crippen molar-refractivity contribution in [3.05, 3.63) is 217 Å². The summed E-state index contributed by atoms with van der Waals surface area (Å²) in [5.74, 6) is 1.49. The quantitative estimate of drug-likeness (QED) is 0.120. The van der Waals surface area contributed by atoms with Crippen LogP contribution in [0.15, 0.2) is 216 Å². The summed E-state index contributed by atoms with van der Waals surface area (Å²) in [5.41, 5.74) is 13.3. The van der Waals surface area contributed by atoms with E-state index < -0.39 is 0 Å². The van der Waals surface area contributed by atoms with Gasteiger partial charge in [0.05, 0.1) is 27.8 Å². The summed E-state index contributed by atoms with van der Waals surface area (Å²) in [6.07, 6.45) is 2.05. The first-order valence-corrected chi connectivity index (χ1v) is 19.8. The highest BCUT2D eigenvalue weighted by Crippen LogP contribution is 2.38. The zero-order chi connectivity index (χ0) is 39.0. The minimum atomic E-state index is 0.658. The Bertz CT molecular complexity index is 3200. The molecule has 0 aliphatic heterocycles. The Morgan fingerprint density at radius 1 is 0.414 bits per heavy atom. The number of hydrogen-bond donors (Lipinski definition) is 0. The highest BCUT2D eigenvalue weighted by atomic mass is 15.1. The molecule has 0 atom stereocenters. The number of para-hydroxylation sites is 2. The molecule has 0 spiro atoms. The second kappa shape index (κ2) is 14.8. The molecule has 0 aliphatic rings. The van der Waals surface area contributed by atoms with Crippen LogP contribution >= 0.6 is 0 Å². The summed E-state index contributed by atoms with van der Waals surface area (Å²) >= 11 is 0. The largest absolute Gasteiger partial charge is 0.309 e. The Hall–Kier alpha value is -7.56. The van der Waals surface area contributed by atoms with Gasteiger partial charge in [0.1, 0.15) is 5.84 Å². The molecular formula is C54H40N4. The van der Waals surface area contributed by atoms with E-state index in [0.717, 1.165) is 44.9 Å². The van der Waals surface area contributed by atoms with E-state index in [-0.39, 0.29) is 0 Å². The van der Waals surface area contributed by atoms with Crippen LogP contribution in [0, 0.1) is 0 Å². The van der Waals surface area contributed by atoms with Gasteiger partial charge in [-0.05, 0) is 96.3 Å². The van der Waals surface area contributed by atoms with Crippen LogP contribution in [-0.4, -0.2) is 20.8 Å². The van der Waals surface area contributed by atoms with Gasteiger partial charge < -0.3 is 4.57 Å². The standard InChI is InChI=1S/C54H40N4/c1-3-49(39-20-10-5-11-21-39)56-54(40-22-12-6-13-23-40)55-37(2)57-51-31-28-41(38-18-8-4-9-19-38)34-47(51)48-36-43(29-32-52(48)57)42-30-33-53-46(35-42)45-26-16-17-27-50(45)58(53)44-24-14-7-15-25-44/h3-36H,1-2H3/b49-3+,55-37?,56-54?. The minimum Gasteiger partial charge on any atom is -0.309 e. The smallest absolute Gasteiger partial charge is 0.161 e. The average molecular weight is 745 g/mol. The first kappa shape index (κ1) is 34.9. The Kier molecular flexibility index (Phi) is 8.92. The SMILES string of the molecule is C/C=C(/N=C(N=C(C)n1c2ccc(-c3ccccc3)cc2c2cc(-c3ccc4c(c3)c3ccccc3n4-c3ccccc3)ccc21)c1ccccc1)c1ccccc1. The fraction of sp³-hybridized carbons (Fsp3) is 0.0370. The minimum absolute atomic E-state index is 0.658. The number of amidine groups is 1. The third-order valence-electron chi connectivity index (χ3n) is 11.1. The van der Waals surface area contributed by atoms with Gasteiger partial charge in [-0.15, -0.1) is 0 Å². The molecule has 0 radical (unpaired) electrons. The Balaban J connectivity index is 1.16. The van der Waals surface area contributed by atoms with Gasteiger partial charge in [-0.3, -0.25) is 4.57 Å². The number of hydrogen-bond acceptors (Lipinski definition) is 1. The van der Waals surface area contributed by atoms with Crippen molar-refractivity contribution >= 4 is 61.0 Å². The molecule has 58 heavy (non-hydrogen) atoms. The number of benzene rings is 8. The molecule has 0 saturated carbocycles. The van der Waals surface area contributed by atoms with Crippen LogP contribution < -0.4 is 0 Å². The molecule has 2 heterocycles. The molecular weight excluding hydrogens is 705 g/mol. The number of nitrogens with zero attached hydrogens (tertiary/aromatic N) is 4. The van der Waals surface area contributed by atoms with Crippen LogP contribution in [0.25, 0.3) is 77.2 Å². The van der Waals surface area contributed by atoms with Crippen LogP contribution in [0.3, 0.4) is 0 Å². The number of allylic oxidation sites excluding steroid dienone is 1. The van der Waals surface area contributed by atoms with Crippen molar-refractivity contribution in [2.24, 2.45) is 9.98 Å². The van der Waals surface area contributed by atoms with Gasteiger partial charge in [0.15, 0.2) is 5.84 Å².